The molecule has 0 spiro atoms. The molecule has 0 radical (unpaired) electrons. The van der Waals surface area contributed by atoms with Gasteiger partial charge in [0.15, 0.2) is 0 Å². The van der Waals surface area contributed by atoms with Gasteiger partial charge in [-0.15, -0.1) is 0 Å². The minimum absolute atomic E-state index is 0.0992. The van der Waals surface area contributed by atoms with Gasteiger partial charge in [-0.1, -0.05) is 12.1 Å². The largest absolute Gasteiger partial charge is 0.416 e. The average molecular weight is 562 g/mol. The fraction of sp³-hybridized carbons (Fsp3) is 0.435. The van der Waals surface area contributed by atoms with E-state index in [2.05, 4.69) is 26.0 Å². The summed E-state index contributed by atoms with van der Waals surface area (Å²) in [6, 6.07) is 8.52. The van der Waals surface area contributed by atoms with Crippen LogP contribution in [-0.4, -0.2) is 33.7 Å². The van der Waals surface area contributed by atoms with Gasteiger partial charge < -0.3 is 10.2 Å². The molecule has 0 saturated carbocycles. The van der Waals surface area contributed by atoms with Crippen LogP contribution in [0.5, 0.6) is 0 Å². The van der Waals surface area contributed by atoms with Gasteiger partial charge in [-0.25, -0.2) is 8.42 Å². The first-order valence-corrected chi connectivity index (χ1v) is 13.5. The number of anilines is 2. The highest BCUT2D eigenvalue weighted by molar-refractivity contribution is 9.10. The summed E-state index contributed by atoms with van der Waals surface area (Å²) in [7, 11) is -3.45. The van der Waals surface area contributed by atoms with Crippen molar-refractivity contribution >= 4 is 43.2 Å². The SMILES string of the molecule is CC(C(=O)NCc1ccc(C(F)(F)F)cc1N1CCCCC1)c1ccc(NS(C)(=O)=O)c(Br)c1. The lowest BCUT2D eigenvalue weighted by molar-refractivity contribution is -0.137. The summed E-state index contributed by atoms with van der Waals surface area (Å²) in [6.07, 6.45) is -0.515. The molecule has 3 rings (SSSR count). The molecule has 0 aromatic heterocycles. The zero-order valence-corrected chi connectivity index (χ0v) is 21.3. The number of piperidine rings is 1. The maximum atomic E-state index is 13.3. The van der Waals surface area contributed by atoms with Crippen LogP contribution >= 0.6 is 15.9 Å². The molecule has 1 fully saturated rings. The summed E-state index contributed by atoms with van der Waals surface area (Å²) in [5.74, 6) is -0.850. The van der Waals surface area contributed by atoms with E-state index in [0.29, 0.717) is 40.1 Å². The molecular weight excluding hydrogens is 535 g/mol. The van der Waals surface area contributed by atoms with Crippen molar-refractivity contribution in [1.82, 2.24) is 5.32 Å². The normalized spacial score (nSPS) is 15.6. The van der Waals surface area contributed by atoms with Crippen LogP contribution in [0.2, 0.25) is 0 Å². The number of nitrogens with one attached hydrogen (secondary N) is 2. The number of nitrogens with zero attached hydrogens (tertiary/aromatic N) is 1. The van der Waals surface area contributed by atoms with Crippen LogP contribution in [0.4, 0.5) is 24.5 Å². The van der Waals surface area contributed by atoms with Gasteiger partial charge in [0.2, 0.25) is 15.9 Å². The molecule has 0 bridgehead atoms. The Hall–Kier alpha value is -2.27. The number of carbonyl (C=O) groups is 1. The molecule has 1 aliphatic heterocycles. The van der Waals surface area contributed by atoms with Crippen LogP contribution in [0.1, 0.15) is 48.8 Å². The van der Waals surface area contributed by atoms with Crippen LogP contribution in [0.15, 0.2) is 40.9 Å². The Bertz CT molecular complexity index is 1150. The van der Waals surface area contributed by atoms with Crippen LogP contribution in [0.3, 0.4) is 0 Å². The molecular formula is C23H27BrF3N3O3S. The first-order chi connectivity index (χ1) is 15.8. The van der Waals surface area contributed by atoms with E-state index < -0.39 is 27.7 Å². The van der Waals surface area contributed by atoms with E-state index in [-0.39, 0.29) is 12.5 Å². The van der Waals surface area contributed by atoms with Crippen molar-refractivity contribution in [3.8, 4) is 0 Å². The van der Waals surface area contributed by atoms with Crippen LogP contribution in [-0.2, 0) is 27.5 Å². The fourth-order valence-corrected chi connectivity index (χ4v) is 5.09. The highest BCUT2D eigenvalue weighted by Gasteiger charge is 2.32. The Kier molecular flexibility index (Phi) is 8.18. The summed E-state index contributed by atoms with van der Waals surface area (Å²) < 4.78 is 65.7. The third-order valence-corrected chi connectivity index (χ3v) is 6.99. The molecule has 2 aromatic carbocycles. The van der Waals surface area contributed by atoms with Gasteiger partial charge in [-0.05, 0) is 77.5 Å². The number of hydrogen-bond donors (Lipinski definition) is 2. The molecule has 11 heteroatoms. The molecule has 186 valence electrons. The van der Waals surface area contributed by atoms with Gasteiger partial charge in [0.25, 0.3) is 0 Å². The molecule has 6 nitrogen and oxygen atoms in total. The highest BCUT2D eigenvalue weighted by atomic mass is 79.9. The summed E-state index contributed by atoms with van der Waals surface area (Å²) in [5, 5.41) is 2.83. The van der Waals surface area contributed by atoms with E-state index in [1.54, 1.807) is 25.1 Å². The predicted octanol–water partition coefficient (Wildman–Crippen LogP) is 5.25. The van der Waals surface area contributed by atoms with Gasteiger partial charge in [0, 0.05) is 29.8 Å². The Balaban J connectivity index is 1.75. The number of amides is 1. The third kappa shape index (κ3) is 6.88. The minimum atomic E-state index is -4.44. The van der Waals surface area contributed by atoms with Gasteiger partial charge in [0.1, 0.15) is 0 Å². The van der Waals surface area contributed by atoms with Gasteiger partial charge >= 0.3 is 6.18 Å². The topological polar surface area (TPSA) is 78.5 Å². The van der Waals surface area contributed by atoms with Gasteiger partial charge in [-0.3, -0.25) is 9.52 Å². The number of carbonyl (C=O) groups excluding carboxylic acids is 1. The minimum Gasteiger partial charge on any atom is -0.371 e. The highest BCUT2D eigenvalue weighted by Crippen LogP contribution is 2.35. The molecule has 2 N–H and O–H groups in total. The second-order valence-corrected chi connectivity index (χ2v) is 11.0. The number of alkyl halides is 3. The molecule has 1 unspecified atom stereocenters. The molecule has 2 aromatic rings. The lowest BCUT2D eigenvalue weighted by Crippen LogP contribution is -2.32. The van der Waals surface area contributed by atoms with Crippen molar-refractivity contribution in [1.29, 1.82) is 0 Å². The van der Waals surface area contributed by atoms with E-state index in [9.17, 15) is 26.4 Å². The van der Waals surface area contributed by atoms with Crippen molar-refractivity contribution in [2.45, 2.75) is 44.8 Å². The lowest BCUT2D eigenvalue weighted by atomic mass is 9.99. The van der Waals surface area contributed by atoms with Crippen molar-refractivity contribution in [2.75, 3.05) is 29.0 Å². The molecule has 1 aliphatic rings. The Morgan fingerprint density at radius 1 is 1.12 bits per heavy atom. The number of hydrogen-bond acceptors (Lipinski definition) is 4. The zero-order valence-electron chi connectivity index (χ0n) is 18.9. The van der Waals surface area contributed by atoms with Crippen LogP contribution in [0.25, 0.3) is 0 Å². The van der Waals surface area contributed by atoms with E-state index in [4.69, 9.17) is 0 Å². The number of benzene rings is 2. The summed E-state index contributed by atoms with van der Waals surface area (Å²) in [6.45, 7) is 3.17. The number of halogens is 4. The standard InChI is InChI=1S/C23H27BrF3N3O3S/c1-15(16-7-9-20(19(24)12-16)29-34(2,32)33)22(31)28-14-17-6-8-18(23(25,26)27)13-21(17)30-10-4-3-5-11-30/h6-9,12-13,15,29H,3-5,10-11,14H2,1-2H3,(H,28,31). The number of rotatable bonds is 7. The molecule has 1 saturated heterocycles. The predicted molar refractivity (Wildman–Crippen MR) is 130 cm³/mol. The summed E-state index contributed by atoms with van der Waals surface area (Å²) in [5.41, 5.74) is 1.44. The van der Waals surface area contributed by atoms with Gasteiger partial charge in [0.05, 0.1) is 23.4 Å². The summed E-state index contributed by atoms with van der Waals surface area (Å²) in [4.78, 5) is 14.8. The zero-order chi connectivity index (χ0) is 25.1. The van der Waals surface area contributed by atoms with E-state index in [1.807, 2.05) is 4.90 Å². The fourth-order valence-electron chi connectivity index (χ4n) is 3.89. The second-order valence-electron chi connectivity index (χ2n) is 8.44. The van der Waals surface area contributed by atoms with Crippen LogP contribution in [0, 0.1) is 0 Å². The van der Waals surface area contributed by atoms with Crippen LogP contribution < -0.4 is 14.9 Å². The van der Waals surface area contributed by atoms with Gasteiger partial charge in [-0.2, -0.15) is 13.2 Å². The maximum Gasteiger partial charge on any atom is 0.416 e. The maximum absolute atomic E-state index is 13.3. The van der Waals surface area contributed by atoms with E-state index in [1.165, 1.54) is 12.1 Å². The number of sulfonamides is 1. The molecule has 1 heterocycles. The van der Waals surface area contributed by atoms with E-state index >= 15 is 0 Å². The molecule has 0 aliphatic carbocycles. The smallest absolute Gasteiger partial charge is 0.371 e. The Morgan fingerprint density at radius 3 is 2.38 bits per heavy atom. The van der Waals surface area contributed by atoms with Crippen molar-refractivity contribution < 1.29 is 26.4 Å². The summed E-state index contributed by atoms with van der Waals surface area (Å²) >= 11 is 3.31. The molecule has 34 heavy (non-hydrogen) atoms. The van der Waals surface area contributed by atoms with Crippen molar-refractivity contribution in [2.24, 2.45) is 0 Å². The van der Waals surface area contributed by atoms with Crippen molar-refractivity contribution in [3.63, 3.8) is 0 Å². The third-order valence-electron chi connectivity index (χ3n) is 5.74. The Labute approximate surface area is 206 Å². The first kappa shape index (κ1) is 26.3. The second kappa shape index (κ2) is 10.6. The van der Waals surface area contributed by atoms with E-state index in [0.717, 1.165) is 31.6 Å². The molecule has 1 atom stereocenters. The Morgan fingerprint density at radius 2 is 1.79 bits per heavy atom. The molecule has 1 amide bonds. The quantitative estimate of drug-likeness (QED) is 0.484. The first-order valence-electron chi connectivity index (χ1n) is 10.8. The monoisotopic (exact) mass is 561 g/mol. The van der Waals surface area contributed by atoms with Crippen molar-refractivity contribution in [3.05, 3.63) is 57.6 Å². The lowest BCUT2D eigenvalue weighted by Gasteiger charge is -2.31. The average Bonchev–Trinajstić information content (AvgIpc) is 2.77.